The molecule has 124 valence electrons. The van der Waals surface area contributed by atoms with Gasteiger partial charge in [-0.05, 0) is 37.6 Å². The predicted octanol–water partition coefficient (Wildman–Crippen LogP) is 2.92. The number of pyridine rings is 1. The highest BCUT2D eigenvalue weighted by atomic mass is 35.5. The second-order valence-electron chi connectivity index (χ2n) is 5.83. The molecule has 0 spiro atoms. The molecule has 3 rings (SSSR count). The van der Waals surface area contributed by atoms with Crippen molar-refractivity contribution in [3.05, 3.63) is 58.9 Å². The first-order chi connectivity index (χ1) is 11.5. The Labute approximate surface area is 145 Å². The Morgan fingerprint density at radius 2 is 2.00 bits per heavy atom. The predicted molar refractivity (Wildman–Crippen MR) is 93.3 cm³/mol. The quantitative estimate of drug-likeness (QED) is 0.861. The molecule has 0 radical (unpaired) electrons. The summed E-state index contributed by atoms with van der Waals surface area (Å²) in [6.45, 7) is 2.36. The summed E-state index contributed by atoms with van der Waals surface area (Å²) in [6, 6.07) is 12.0. The molecular weight excluding hydrogens is 326 g/mol. The van der Waals surface area contributed by atoms with Crippen molar-refractivity contribution < 1.29 is 9.59 Å². The molecule has 0 unspecified atom stereocenters. The minimum atomic E-state index is -0.504. The van der Waals surface area contributed by atoms with Gasteiger partial charge in [-0.15, -0.1) is 0 Å². The second-order valence-corrected chi connectivity index (χ2v) is 6.23. The van der Waals surface area contributed by atoms with Crippen molar-refractivity contribution in [2.75, 3.05) is 18.5 Å². The monoisotopic (exact) mass is 343 g/mol. The van der Waals surface area contributed by atoms with Gasteiger partial charge in [0.2, 0.25) is 5.91 Å². The van der Waals surface area contributed by atoms with E-state index in [9.17, 15) is 9.59 Å². The first-order valence-corrected chi connectivity index (χ1v) is 8.13. The highest BCUT2D eigenvalue weighted by molar-refractivity contribution is 6.34. The molecule has 2 amide bonds. The molecule has 1 aliphatic heterocycles. The minimum Gasteiger partial charge on any atom is -0.328 e. The fraction of sp³-hybridized carbons (Fsp3) is 0.278. The van der Waals surface area contributed by atoms with Crippen molar-refractivity contribution in [3.63, 3.8) is 0 Å². The summed E-state index contributed by atoms with van der Waals surface area (Å²) in [5, 5.41) is 0.529. The summed E-state index contributed by atoms with van der Waals surface area (Å²) in [5.41, 5.74) is 1.80. The summed E-state index contributed by atoms with van der Waals surface area (Å²) in [6.07, 6.45) is 0.568. The lowest BCUT2D eigenvalue weighted by molar-refractivity contribution is -0.120. The molecule has 2 heterocycles. The van der Waals surface area contributed by atoms with Gasteiger partial charge in [0, 0.05) is 19.3 Å². The van der Waals surface area contributed by atoms with Crippen molar-refractivity contribution in [1.29, 1.82) is 0 Å². The number of aryl methyl sites for hydroxylation is 1. The Balaban J connectivity index is 1.80. The van der Waals surface area contributed by atoms with Gasteiger partial charge < -0.3 is 9.80 Å². The Bertz CT molecular complexity index is 793. The number of aromatic nitrogens is 1. The fourth-order valence-electron chi connectivity index (χ4n) is 2.92. The number of benzene rings is 1. The number of halogens is 1. The molecule has 0 aliphatic carbocycles. The molecule has 1 aromatic carbocycles. The number of hydrogen-bond donors (Lipinski definition) is 0. The van der Waals surface area contributed by atoms with Crippen LogP contribution in [0.5, 0.6) is 0 Å². The number of carbonyl (C=O) groups excluding carboxylic acids is 2. The largest absolute Gasteiger partial charge is 0.328 e. The smallest absolute Gasteiger partial charge is 0.272 e. The van der Waals surface area contributed by atoms with Crippen molar-refractivity contribution >= 4 is 29.1 Å². The zero-order valence-electron chi connectivity index (χ0n) is 13.6. The molecule has 0 saturated carbocycles. The van der Waals surface area contributed by atoms with Crippen LogP contribution < -0.4 is 4.90 Å². The zero-order chi connectivity index (χ0) is 17.3. The van der Waals surface area contributed by atoms with E-state index in [1.165, 1.54) is 4.90 Å². The Morgan fingerprint density at radius 3 is 2.71 bits per heavy atom. The first kappa shape index (κ1) is 16.5. The van der Waals surface area contributed by atoms with Crippen LogP contribution in [0.1, 0.15) is 22.6 Å². The van der Waals surface area contributed by atoms with Gasteiger partial charge in [-0.2, -0.15) is 0 Å². The normalized spacial score (nSPS) is 17.2. The fourth-order valence-corrected chi connectivity index (χ4v) is 3.16. The number of carbonyl (C=O) groups is 2. The maximum atomic E-state index is 12.8. The van der Waals surface area contributed by atoms with E-state index in [0.717, 1.165) is 5.69 Å². The molecule has 5 nitrogen and oxygen atoms in total. The standard InChI is InChI=1S/C18H18ClN3O2/c1-12-6-5-8-14(20-12)17(23)21(2)16-10-11-22(18(16)24)15-9-4-3-7-13(15)19/h3-9,16H,10-11H2,1-2H3/t16-/m1/s1. The van der Waals surface area contributed by atoms with E-state index in [4.69, 9.17) is 11.6 Å². The first-order valence-electron chi connectivity index (χ1n) is 7.76. The summed E-state index contributed by atoms with van der Waals surface area (Å²) < 4.78 is 0. The summed E-state index contributed by atoms with van der Waals surface area (Å²) in [4.78, 5) is 32.7. The summed E-state index contributed by atoms with van der Waals surface area (Å²) in [7, 11) is 1.64. The average Bonchev–Trinajstić information content (AvgIpc) is 2.95. The third kappa shape index (κ3) is 2.99. The van der Waals surface area contributed by atoms with Crippen LogP contribution in [0.15, 0.2) is 42.5 Å². The topological polar surface area (TPSA) is 53.5 Å². The van der Waals surface area contributed by atoms with Crippen LogP contribution in [0, 0.1) is 6.92 Å². The van der Waals surface area contributed by atoms with Crippen LogP contribution in [-0.4, -0.2) is 41.3 Å². The number of likely N-dealkylation sites (N-methyl/N-ethyl adjacent to an activating group) is 1. The lowest BCUT2D eigenvalue weighted by Crippen LogP contribution is -2.43. The van der Waals surface area contributed by atoms with Gasteiger partial charge in [-0.3, -0.25) is 9.59 Å². The van der Waals surface area contributed by atoms with Gasteiger partial charge in [-0.1, -0.05) is 29.8 Å². The molecule has 1 atom stereocenters. The number of nitrogens with zero attached hydrogens (tertiary/aromatic N) is 3. The van der Waals surface area contributed by atoms with E-state index in [-0.39, 0.29) is 11.8 Å². The van der Waals surface area contributed by atoms with Gasteiger partial charge in [0.1, 0.15) is 11.7 Å². The van der Waals surface area contributed by atoms with E-state index in [1.54, 1.807) is 30.1 Å². The van der Waals surface area contributed by atoms with Crippen LogP contribution in [0.2, 0.25) is 5.02 Å². The number of anilines is 1. The van der Waals surface area contributed by atoms with Gasteiger partial charge >= 0.3 is 0 Å². The highest BCUT2D eigenvalue weighted by Gasteiger charge is 2.38. The third-order valence-corrected chi connectivity index (χ3v) is 4.54. The molecule has 1 aliphatic rings. The van der Waals surface area contributed by atoms with Crippen LogP contribution in [0.25, 0.3) is 0 Å². The second kappa shape index (κ2) is 6.61. The molecule has 0 bridgehead atoms. The molecule has 1 aromatic heterocycles. The van der Waals surface area contributed by atoms with E-state index in [2.05, 4.69) is 4.98 Å². The van der Waals surface area contributed by atoms with E-state index in [0.29, 0.717) is 29.4 Å². The lowest BCUT2D eigenvalue weighted by atomic mass is 10.2. The number of hydrogen-bond acceptors (Lipinski definition) is 3. The maximum Gasteiger partial charge on any atom is 0.272 e. The molecule has 2 aromatic rings. The molecule has 1 fully saturated rings. The summed E-state index contributed by atoms with van der Waals surface area (Å²) >= 11 is 6.19. The number of rotatable bonds is 3. The third-order valence-electron chi connectivity index (χ3n) is 4.22. The van der Waals surface area contributed by atoms with Crippen LogP contribution in [0.3, 0.4) is 0 Å². The molecular formula is C18H18ClN3O2. The summed E-state index contributed by atoms with van der Waals surface area (Å²) in [5.74, 6) is -0.371. The van der Waals surface area contributed by atoms with Gasteiger partial charge in [-0.25, -0.2) is 4.98 Å². The number of para-hydroxylation sites is 1. The minimum absolute atomic E-state index is 0.119. The lowest BCUT2D eigenvalue weighted by Gasteiger charge is -2.24. The molecule has 24 heavy (non-hydrogen) atoms. The van der Waals surface area contributed by atoms with Crippen molar-refractivity contribution in [3.8, 4) is 0 Å². The van der Waals surface area contributed by atoms with Gasteiger partial charge in [0.05, 0.1) is 10.7 Å². The average molecular weight is 344 g/mol. The Kier molecular flexibility index (Phi) is 4.53. The van der Waals surface area contributed by atoms with Crippen molar-refractivity contribution in [2.45, 2.75) is 19.4 Å². The molecule has 0 N–H and O–H groups in total. The van der Waals surface area contributed by atoms with Crippen molar-refractivity contribution in [1.82, 2.24) is 9.88 Å². The Morgan fingerprint density at radius 1 is 1.25 bits per heavy atom. The highest BCUT2D eigenvalue weighted by Crippen LogP contribution is 2.30. The number of amides is 2. The zero-order valence-corrected chi connectivity index (χ0v) is 14.3. The van der Waals surface area contributed by atoms with E-state index >= 15 is 0 Å². The maximum absolute atomic E-state index is 12.8. The van der Waals surface area contributed by atoms with Gasteiger partial charge in [0.15, 0.2) is 0 Å². The Hall–Kier alpha value is -2.40. The van der Waals surface area contributed by atoms with E-state index < -0.39 is 6.04 Å². The molecule has 6 heteroatoms. The molecule has 1 saturated heterocycles. The SMILES string of the molecule is Cc1cccc(C(=O)N(C)[C@@H]2CCN(c3ccccc3Cl)C2=O)n1. The van der Waals surface area contributed by atoms with Crippen LogP contribution in [0.4, 0.5) is 5.69 Å². The van der Waals surface area contributed by atoms with Crippen molar-refractivity contribution in [2.24, 2.45) is 0 Å². The van der Waals surface area contributed by atoms with Crippen LogP contribution in [-0.2, 0) is 4.79 Å². The van der Waals surface area contributed by atoms with Gasteiger partial charge in [0.25, 0.3) is 5.91 Å². The van der Waals surface area contributed by atoms with E-state index in [1.807, 2.05) is 31.2 Å². The van der Waals surface area contributed by atoms with Crippen LogP contribution >= 0.6 is 11.6 Å².